The maximum atomic E-state index is 12.4. The van der Waals surface area contributed by atoms with E-state index in [4.69, 9.17) is 5.73 Å². The van der Waals surface area contributed by atoms with Crippen molar-refractivity contribution in [3.8, 4) is 0 Å². The molecule has 3 nitrogen and oxygen atoms in total. The molecule has 0 bridgehead atoms. The van der Waals surface area contributed by atoms with Gasteiger partial charge in [0.05, 0.1) is 12.1 Å². The minimum atomic E-state index is -4.33. The lowest BCUT2D eigenvalue weighted by Gasteiger charge is -2.08. The van der Waals surface area contributed by atoms with Crippen LogP contribution in [0.3, 0.4) is 0 Å². The monoisotopic (exact) mass is 435 g/mol. The Labute approximate surface area is 149 Å². The van der Waals surface area contributed by atoms with Crippen LogP contribution in [0, 0.1) is 6.92 Å². The number of nitrogens with two attached hydrogens (primary N) is 1. The fraction of sp³-hybridized carbons (Fsp3) is 0.188. The topological polar surface area (TPSA) is 50.4 Å². The quantitative estimate of drug-likeness (QED) is 0.422. The highest BCUT2D eigenvalue weighted by atomic mass is 127. The normalized spacial score (nSPS) is 11.7. The van der Waals surface area contributed by atoms with E-state index in [1.54, 1.807) is 0 Å². The van der Waals surface area contributed by atoms with Crippen molar-refractivity contribution < 1.29 is 13.2 Å². The number of aliphatic imine (C=N–C) groups is 1. The summed E-state index contributed by atoms with van der Waals surface area (Å²) in [5.74, 6) is 0.212. The zero-order valence-corrected chi connectivity index (χ0v) is 14.7. The van der Waals surface area contributed by atoms with Crippen LogP contribution in [0.25, 0.3) is 0 Å². The zero-order valence-electron chi connectivity index (χ0n) is 12.4. The Hall–Kier alpha value is -1.77. The number of nitrogens with zero attached hydrogens (tertiary/aromatic N) is 1. The molecule has 0 amide bonds. The molecule has 2 rings (SSSR count). The Morgan fingerprint density at radius 3 is 2.13 bits per heavy atom. The van der Waals surface area contributed by atoms with E-state index in [0.29, 0.717) is 5.56 Å². The van der Waals surface area contributed by atoms with E-state index in [0.717, 1.165) is 23.4 Å². The summed E-state index contributed by atoms with van der Waals surface area (Å²) in [5.41, 5.74) is 7.66. The molecule has 0 unspecified atom stereocenters. The SMILES string of the molecule is Cc1ccc(NC(N)=NCc2ccc(C(F)(F)F)cc2)cc1.I. The largest absolute Gasteiger partial charge is 0.416 e. The van der Waals surface area contributed by atoms with Crippen LogP contribution in [0.1, 0.15) is 16.7 Å². The van der Waals surface area contributed by atoms with Crippen LogP contribution in [0.4, 0.5) is 18.9 Å². The number of aryl methyl sites for hydroxylation is 1. The van der Waals surface area contributed by atoms with Gasteiger partial charge in [-0.15, -0.1) is 24.0 Å². The highest BCUT2D eigenvalue weighted by molar-refractivity contribution is 14.0. The lowest BCUT2D eigenvalue weighted by molar-refractivity contribution is -0.137. The Kier molecular flexibility index (Phi) is 6.86. The molecule has 0 aliphatic heterocycles. The van der Waals surface area contributed by atoms with Gasteiger partial charge in [0.25, 0.3) is 0 Å². The Morgan fingerprint density at radius 1 is 1.04 bits per heavy atom. The molecule has 2 aromatic carbocycles. The molecular weight excluding hydrogens is 418 g/mol. The van der Waals surface area contributed by atoms with E-state index in [1.165, 1.54) is 12.1 Å². The summed E-state index contributed by atoms with van der Waals surface area (Å²) in [6.07, 6.45) is -4.33. The average Bonchev–Trinajstić information content (AvgIpc) is 2.47. The smallest absolute Gasteiger partial charge is 0.370 e. The molecule has 0 spiro atoms. The predicted octanol–water partition coefficient (Wildman–Crippen LogP) is 4.56. The molecule has 0 aliphatic carbocycles. The van der Waals surface area contributed by atoms with Gasteiger partial charge in [0.2, 0.25) is 0 Å². The fourth-order valence-corrected chi connectivity index (χ4v) is 1.80. The molecule has 124 valence electrons. The van der Waals surface area contributed by atoms with Gasteiger partial charge < -0.3 is 11.1 Å². The summed E-state index contributed by atoms with van der Waals surface area (Å²) in [6.45, 7) is 2.19. The van der Waals surface area contributed by atoms with Crippen LogP contribution in [0.5, 0.6) is 0 Å². The first kappa shape index (κ1) is 19.3. The van der Waals surface area contributed by atoms with Gasteiger partial charge >= 0.3 is 6.18 Å². The van der Waals surface area contributed by atoms with Gasteiger partial charge in [-0.25, -0.2) is 4.99 Å². The van der Waals surface area contributed by atoms with Crippen LogP contribution in [-0.2, 0) is 12.7 Å². The molecule has 0 aliphatic rings. The molecule has 0 saturated heterocycles. The summed E-state index contributed by atoms with van der Waals surface area (Å²) in [7, 11) is 0. The molecule has 0 radical (unpaired) electrons. The predicted molar refractivity (Wildman–Crippen MR) is 97.0 cm³/mol. The first-order chi connectivity index (χ1) is 10.3. The number of halogens is 4. The van der Waals surface area contributed by atoms with Crippen molar-refractivity contribution in [3.63, 3.8) is 0 Å². The Balaban J connectivity index is 0.00000264. The van der Waals surface area contributed by atoms with Crippen molar-refractivity contribution in [2.75, 3.05) is 5.32 Å². The maximum absolute atomic E-state index is 12.4. The van der Waals surface area contributed by atoms with Crippen molar-refractivity contribution in [3.05, 3.63) is 65.2 Å². The molecule has 0 heterocycles. The van der Waals surface area contributed by atoms with Crippen molar-refractivity contribution >= 4 is 35.6 Å². The van der Waals surface area contributed by atoms with Crippen molar-refractivity contribution in [2.24, 2.45) is 10.7 Å². The molecule has 3 N–H and O–H groups in total. The third kappa shape index (κ3) is 6.09. The number of guanidine groups is 1. The molecule has 0 aromatic heterocycles. The summed E-state index contributed by atoms with van der Waals surface area (Å²) in [4.78, 5) is 4.11. The van der Waals surface area contributed by atoms with E-state index in [9.17, 15) is 13.2 Å². The minimum Gasteiger partial charge on any atom is -0.370 e. The fourth-order valence-electron chi connectivity index (χ4n) is 1.80. The van der Waals surface area contributed by atoms with Gasteiger partial charge in [-0.1, -0.05) is 29.8 Å². The number of benzene rings is 2. The second-order valence-corrected chi connectivity index (χ2v) is 4.89. The summed E-state index contributed by atoms with van der Waals surface area (Å²) < 4.78 is 37.3. The molecular formula is C16H17F3IN3. The van der Waals surface area contributed by atoms with Gasteiger partial charge in [0.1, 0.15) is 0 Å². The molecule has 0 atom stereocenters. The first-order valence-corrected chi connectivity index (χ1v) is 6.64. The second-order valence-electron chi connectivity index (χ2n) is 4.89. The lowest BCUT2D eigenvalue weighted by atomic mass is 10.1. The van der Waals surface area contributed by atoms with Gasteiger partial charge in [-0.3, -0.25) is 0 Å². The number of alkyl halides is 3. The van der Waals surface area contributed by atoms with Crippen molar-refractivity contribution in [2.45, 2.75) is 19.6 Å². The zero-order chi connectivity index (χ0) is 16.2. The molecule has 0 fully saturated rings. The summed E-state index contributed by atoms with van der Waals surface area (Å²) >= 11 is 0. The summed E-state index contributed by atoms with van der Waals surface area (Å²) in [6, 6.07) is 12.5. The minimum absolute atomic E-state index is 0. The van der Waals surface area contributed by atoms with E-state index in [2.05, 4.69) is 10.3 Å². The standard InChI is InChI=1S/C16H16F3N3.HI/c1-11-2-8-14(9-3-11)22-15(20)21-10-12-4-6-13(7-5-12)16(17,18)19;/h2-9H,10H2,1H3,(H3,20,21,22);1H. The second kappa shape index (κ2) is 8.19. The molecule has 2 aromatic rings. The number of hydrogen-bond donors (Lipinski definition) is 2. The van der Waals surface area contributed by atoms with E-state index in [-0.39, 0.29) is 36.5 Å². The van der Waals surface area contributed by atoms with Crippen LogP contribution in [-0.4, -0.2) is 5.96 Å². The van der Waals surface area contributed by atoms with Gasteiger partial charge in [-0.2, -0.15) is 13.2 Å². The lowest BCUT2D eigenvalue weighted by Crippen LogP contribution is -2.22. The highest BCUT2D eigenvalue weighted by Gasteiger charge is 2.29. The molecule has 7 heteroatoms. The molecule has 0 saturated carbocycles. The number of anilines is 1. The van der Waals surface area contributed by atoms with Crippen LogP contribution >= 0.6 is 24.0 Å². The van der Waals surface area contributed by atoms with E-state index < -0.39 is 11.7 Å². The van der Waals surface area contributed by atoms with Crippen LogP contribution < -0.4 is 11.1 Å². The van der Waals surface area contributed by atoms with E-state index >= 15 is 0 Å². The van der Waals surface area contributed by atoms with Crippen LogP contribution in [0.15, 0.2) is 53.5 Å². The highest BCUT2D eigenvalue weighted by Crippen LogP contribution is 2.29. The van der Waals surface area contributed by atoms with Crippen molar-refractivity contribution in [1.29, 1.82) is 0 Å². The average molecular weight is 435 g/mol. The third-order valence-corrected chi connectivity index (χ3v) is 3.04. The van der Waals surface area contributed by atoms with Gasteiger partial charge in [0.15, 0.2) is 5.96 Å². The van der Waals surface area contributed by atoms with Crippen LogP contribution in [0.2, 0.25) is 0 Å². The molecule has 23 heavy (non-hydrogen) atoms. The van der Waals surface area contributed by atoms with Gasteiger partial charge in [0, 0.05) is 5.69 Å². The van der Waals surface area contributed by atoms with E-state index in [1.807, 2.05) is 31.2 Å². The van der Waals surface area contributed by atoms with Gasteiger partial charge in [-0.05, 0) is 36.8 Å². The number of rotatable bonds is 3. The summed E-state index contributed by atoms with van der Waals surface area (Å²) in [5, 5.41) is 2.92. The number of nitrogens with one attached hydrogen (secondary N) is 1. The maximum Gasteiger partial charge on any atom is 0.416 e. The Morgan fingerprint density at radius 2 is 1.61 bits per heavy atom. The Bertz CT molecular complexity index is 650. The first-order valence-electron chi connectivity index (χ1n) is 6.64. The number of hydrogen-bond acceptors (Lipinski definition) is 1. The third-order valence-electron chi connectivity index (χ3n) is 3.04. The van der Waals surface area contributed by atoms with Crippen molar-refractivity contribution in [1.82, 2.24) is 0 Å².